The van der Waals surface area contributed by atoms with E-state index in [1.54, 1.807) is 24.3 Å². The SMILES string of the molecule is O=Cc1cccc(C=CCCCl)c1O. The predicted octanol–water partition coefficient (Wildman–Crippen LogP) is 2.85. The number of benzene rings is 1. The number of para-hydroxylation sites is 1. The van der Waals surface area contributed by atoms with Crippen LogP contribution in [-0.4, -0.2) is 17.3 Å². The minimum atomic E-state index is 0.0216. The van der Waals surface area contributed by atoms with Gasteiger partial charge in [0.2, 0.25) is 0 Å². The normalized spacial score (nSPS) is 10.6. The van der Waals surface area contributed by atoms with Crippen LogP contribution in [0.1, 0.15) is 22.3 Å². The predicted molar refractivity (Wildman–Crippen MR) is 57.9 cm³/mol. The van der Waals surface area contributed by atoms with Crippen LogP contribution in [0.4, 0.5) is 0 Å². The second kappa shape index (κ2) is 5.45. The van der Waals surface area contributed by atoms with Gasteiger partial charge in [0.25, 0.3) is 0 Å². The molecule has 0 bridgehead atoms. The molecule has 2 nitrogen and oxygen atoms in total. The fraction of sp³-hybridized carbons (Fsp3) is 0.182. The zero-order valence-electron chi connectivity index (χ0n) is 7.61. The average Bonchev–Trinajstić information content (AvgIpc) is 2.21. The van der Waals surface area contributed by atoms with E-state index in [2.05, 4.69) is 0 Å². The Morgan fingerprint density at radius 2 is 2.07 bits per heavy atom. The quantitative estimate of drug-likeness (QED) is 0.613. The smallest absolute Gasteiger partial charge is 0.153 e. The number of carbonyl (C=O) groups is 1. The summed E-state index contributed by atoms with van der Waals surface area (Å²) in [6.07, 6.45) is 4.99. The number of aldehydes is 1. The van der Waals surface area contributed by atoms with Crippen molar-refractivity contribution in [1.29, 1.82) is 0 Å². The van der Waals surface area contributed by atoms with Gasteiger partial charge in [0, 0.05) is 11.4 Å². The molecule has 0 saturated carbocycles. The van der Waals surface area contributed by atoms with Gasteiger partial charge < -0.3 is 5.11 Å². The molecule has 74 valence electrons. The summed E-state index contributed by atoms with van der Waals surface area (Å²) in [6.45, 7) is 0. The second-order valence-electron chi connectivity index (χ2n) is 2.78. The molecule has 0 amide bonds. The van der Waals surface area contributed by atoms with Gasteiger partial charge in [-0.3, -0.25) is 4.79 Å². The molecule has 0 aliphatic heterocycles. The van der Waals surface area contributed by atoms with Crippen molar-refractivity contribution in [1.82, 2.24) is 0 Å². The van der Waals surface area contributed by atoms with Gasteiger partial charge in [-0.15, -0.1) is 11.6 Å². The number of phenols is 1. The highest BCUT2D eigenvalue weighted by atomic mass is 35.5. The van der Waals surface area contributed by atoms with Gasteiger partial charge in [-0.1, -0.05) is 24.3 Å². The van der Waals surface area contributed by atoms with E-state index in [9.17, 15) is 9.90 Å². The molecule has 0 aromatic heterocycles. The number of alkyl halides is 1. The molecule has 0 aliphatic rings. The van der Waals surface area contributed by atoms with Crippen LogP contribution in [0.3, 0.4) is 0 Å². The Morgan fingerprint density at radius 1 is 1.36 bits per heavy atom. The van der Waals surface area contributed by atoms with Gasteiger partial charge >= 0.3 is 0 Å². The zero-order chi connectivity index (χ0) is 10.4. The monoisotopic (exact) mass is 210 g/mol. The molecule has 1 aromatic rings. The van der Waals surface area contributed by atoms with Crippen LogP contribution in [0.2, 0.25) is 0 Å². The van der Waals surface area contributed by atoms with Crippen LogP contribution in [0.25, 0.3) is 6.08 Å². The van der Waals surface area contributed by atoms with Crippen molar-refractivity contribution in [3.63, 3.8) is 0 Å². The van der Waals surface area contributed by atoms with Crippen molar-refractivity contribution < 1.29 is 9.90 Å². The van der Waals surface area contributed by atoms with E-state index >= 15 is 0 Å². The first-order valence-electron chi connectivity index (χ1n) is 4.29. The van der Waals surface area contributed by atoms with Gasteiger partial charge in [0.05, 0.1) is 5.56 Å². The maximum absolute atomic E-state index is 10.5. The Morgan fingerprint density at radius 3 is 2.71 bits per heavy atom. The summed E-state index contributed by atoms with van der Waals surface area (Å²) < 4.78 is 0. The molecule has 1 aromatic carbocycles. The van der Waals surface area contributed by atoms with E-state index in [1.807, 2.05) is 6.08 Å². The number of hydrogen-bond donors (Lipinski definition) is 1. The highest BCUT2D eigenvalue weighted by Crippen LogP contribution is 2.22. The highest BCUT2D eigenvalue weighted by molar-refractivity contribution is 6.17. The van der Waals surface area contributed by atoms with E-state index < -0.39 is 0 Å². The third-order valence-corrected chi connectivity index (χ3v) is 2.02. The van der Waals surface area contributed by atoms with Gasteiger partial charge in [-0.05, 0) is 12.5 Å². The van der Waals surface area contributed by atoms with Crippen LogP contribution < -0.4 is 0 Å². The molecule has 0 spiro atoms. The van der Waals surface area contributed by atoms with Crippen molar-refractivity contribution in [2.45, 2.75) is 6.42 Å². The summed E-state index contributed by atoms with van der Waals surface area (Å²) in [6, 6.07) is 5.04. The molecular weight excluding hydrogens is 200 g/mol. The number of rotatable bonds is 4. The largest absolute Gasteiger partial charge is 0.507 e. The number of carbonyl (C=O) groups excluding carboxylic acids is 1. The Hall–Kier alpha value is -1.28. The maximum atomic E-state index is 10.5. The third-order valence-electron chi connectivity index (χ3n) is 1.80. The summed E-state index contributed by atoms with van der Waals surface area (Å²) >= 11 is 5.50. The first-order valence-corrected chi connectivity index (χ1v) is 4.82. The molecule has 3 heteroatoms. The molecule has 1 rings (SSSR count). The summed E-state index contributed by atoms with van der Waals surface area (Å²) in [5.74, 6) is 0.568. The van der Waals surface area contributed by atoms with Gasteiger partial charge in [0.15, 0.2) is 6.29 Å². The van der Waals surface area contributed by atoms with Crippen molar-refractivity contribution in [2.24, 2.45) is 0 Å². The van der Waals surface area contributed by atoms with Crippen LogP contribution in [0.5, 0.6) is 5.75 Å². The minimum absolute atomic E-state index is 0.0216. The molecule has 0 fully saturated rings. The minimum Gasteiger partial charge on any atom is -0.507 e. The maximum Gasteiger partial charge on any atom is 0.153 e. The number of aromatic hydroxyl groups is 1. The summed E-state index contributed by atoms with van der Waals surface area (Å²) in [5, 5.41) is 9.57. The summed E-state index contributed by atoms with van der Waals surface area (Å²) in [5.41, 5.74) is 0.942. The molecule has 14 heavy (non-hydrogen) atoms. The standard InChI is InChI=1S/C11H11ClO2/c12-7-2-1-4-9-5-3-6-10(8-13)11(9)14/h1,3-6,8,14H,2,7H2. The summed E-state index contributed by atoms with van der Waals surface area (Å²) in [7, 11) is 0. The zero-order valence-corrected chi connectivity index (χ0v) is 8.37. The van der Waals surface area contributed by atoms with E-state index in [0.29, 0.717) is 23.3 Å². The third kappa shape index (κ3) is 2.60. The van der Waals surface area contributed by atoms with Crippen LogP contribution in [-0.2, 0) is 0 Å². The molecule has 0 radical (unpaired) electrons. The lowest BCUT2D eigenvalue weighted by Crippen LogP contribution is -1.83. The Balaban J connectivity index is 2.92. The van der Waals surface area contributed by atoms with Gasteiger partial charge in [-0.2, -0.15) is 0 Å². The van der Waals surface area contributed by atoms with Crippen molar-refractivity contribution in [3.8, 4) is 5.75 Å². The summed E-state index contributed by atoms with van der Waals surface area (Å²) in [4.78, 5) is 10.5. The van der Waals surface area contributed by atoms with Crippen LogP contribution in [0.15, 0.2) is 24.3 Å². The Labute approximate surface area is 87.8 Å². The Bertz CT molecular complexity index is 345. The molecule has 0 unspecified atom stereocenters. The van der Waals surface area contributed by atoms with Gasteiger partial charge in [-0.25, -0.2) is 0 Å². The highest BCUT2D eigenvalue weighted by Gasteiger charge is 2.02. The van der Waals surface area contributed by atoms with Crippen LogP contribution in [0, 0.1) is 0 Å². The topological polar surface area (TPSA) is 37.3 Å². The molecule has 0 aliphatic carbocycles. The first-order chi connectivity index (χ1) is 6.79. The molecule has 1 N–H and O–H groups in total. The first kappa shape index (κ1) is 10.8. The number of phenolic OH excluding ortho intramolecular Hbond substituents is 1. The molecule has 0 heterocycles. The van der Waals surface area contributed by atoms with E-state index in [-0.39, 0.29) is 5.75 Å². The average molecular weight is 211 g/mol. The van der Waals surface area contributed by atoms with Crippen molar-refractivity contribution >= 4 is 24.0 Å². The van der Waals surface area contributed by atoms with Crippen molar-refractivity contribution in [2.75, 3.05) is 5.88 Å². The lowest BCUT2D eigenvalue weighted by atomic mass is 10.1. The second-order valence-corrected chi connectivity index (χ2v) is 3.16. The van der Waals surface area contributed by atoms with Crippen molar-refractivity contribution in [3.05, 3.63) is 35.4 Å². The number of halogens is 1. The van der Waals surface area contributed by atoms with E-state index in [1.165, 1.54) is 0 Å². The van der Waals surface area contributed by atoms with E-state index in [0.717, 1.165) is 6.42 Å². The number of hydrogen-bond acceptors (Lipinski definition) is 2. The molecule has 0 saturated heterocycles. The fourth-order valence-corrected chi connectivity index (χ4v) is 1.21. The number of allylic oxidation sites excluding steroid dienone is 1. The fourth-order valence-electron chi connectivity index (χ4n) is 1.08. The van der Waals surface area contributed by atoms with Gasteiger partial charge in [0.1, 0.15) is 5.75 Å². The molecule has 0 atom stereocenters. The van der Waals surface area contributed by atoms with Crippen LogP contribution >= 0.6 is 11.6 Å². The Kier molecular flexibility index (Phi) is 4.20. The lowest BCUT2D eigenvalue weighted by molar-refractivity contribution is 0.112. The lowest BCUT2D eigenvalue weighted by Gasteiger charge is -2.00. The molecular formula is C11H11ClO2. The van der Waals surface area contributed by atoms with E-state index in [4.69, 9.17) is 11.6 Å².